The number of halogens is 2. The summed E-state index contributed by atoms with van der Waals surface area (Å²) in [5.41, 5.74) is 1.34. The Morgan fingerprint density at radius 1 is 1.10 bits per heavy atom. The molecule has 0 bridgehead atoms. The van der Waals surface area contributed by atoms with Gasteiger partial charge in [-0.2, -0.15) is 0 Å². The zero-order chi connectivity index (χ0) is 15.9. The molecule has 116 valence electrons. The molecule has 0 radical (unpaired) electrons. The molecule has 0 amide bonds. The summed E-state index contributed by atoms with van der Waals surface area (Å²) in [4.78, 5) is 2.15. The summed E-state index contributed by atoms with van der Waals surface area (Å²) in [5, 5.41) is -0.205. The van der Waals surface area contributed by atoms with Gasteiger partial charge in [-0.25, -0.2) is 0 Å². The highest BCUT2D eigenvalue weighted by molar-refractivity contribution is 8.05. The predicted octanol–water partition coefficient (Wildman–Crippen LogP) is 6.24. The van der Waals surface area contributed by atoms with E-state index in [0.717, 1.165) is 0 Å². The molecule has 1 rings (SSSR count). The lowest BCUT2D eigenvalue weighted by Gasteiger charge is -2.54. The lowest BCUT2D eigenvalue weighted by atomic mass is 9.62. The van der Waals surface area contributed by atoms with E-state index in [-0.39, 0.29) is 16.0 Å². The van der Waals surface area contributed by atoms with Gasteiger partial charge in [-0.15, -0.1) is 0 Å². The molecule has 2 unspecified atom stereocenters. The van der Waals surface area contributed by atoms with Gasteiger partial charge >= 0.3 is 0 Å². The van der Waals surface area contributed by atoms with Crippen LogP contribution in [0, 0.1) is 16.7 Å². The van der Waals surface area contributed by atoms with Gasteiger partial charge in [-0.3, -0.25) is 0 Å². The van der Waals surface area contributed by atoms with Crippen molar-refractivity contribution in [3.05, 3.63) is 23.9 Å². The monoisotopic (exact) mass is 335 g/mol. The average molecular weight is 336 g/mol. The van der Waals surface area contributed by atoms with Crippen molar-refractivity contribution >= 4 is 29.1 Å². The molecular weight excluding hydrogens is 308 g/mol. The first kappa shape index (κ1) is 18.3. The Kier molecular flexibility index (Phi) is 5.34. The van der Waals surface area contributed by atoms with Gasteiger partial charge in [-0.05, 0) is 22.8 Å². The van der Waals surface area contributed by atoms with Crippen LogP contribution in [-0.4, -0.2) is 24.2 Å². The zero-order valence-corrected chi connectivity index (χ0v) is 16.4. The second kappa shape index (κ2) is 5.82. The molecule has 0 spiro atoms. The SMILES string of the molecule is CN(C)C1=CC(C(C)(C)C)C(P(Cl)Cl)(C(C)(C)C)C=C1. The Morgan fingerprint density at radius 2 is 1.60 bits per heavy atom. The maximum Gasteiger partial charge on any atom is 0.0967 e. The largest absolute Gasteiger partial charge is 0.378 e. The number of hydrogen-bond donors (Lipinski definition) is 0. The van der Waals surface area contributed by atoms with Crippen LogP contribution in [0.25, 0.3) is 0 Å². The van der Waals surface area contributed by atoms with E-state index in [2.05, 4.69) is 78.8 Å². The van der Waals surface area contributed by atoms with Gasteiger partial charge in [0.25, 0.3) is 0 Å². The van der Waals surface area contributed by atoms with Crippen molar-refractivity contribution in [3.63, 3.8) is 0 Å². The third-order valence-corrected chi connectivity index (χ3v) is 7.59. The van der Waals surface area contributed by atoms with E-state index < -0.39 is 6.63 Å². The van der Waals surface area contributed by atoms with E-state index in [1.165, 1.54) is 5.70 Å². The van der Waals surface area contributed by atoms with Crippen LogP contribution in [0.4, 0.5) is 0 Å². The van der Waals surface area contributed by atoms with Gasteiger partial charge in [0.05, 0.1) is 6.63 Å². The minimum Gasteiger partial charge on any atom is -0.378 e. The van der Waals surface area contributed by atoms with Gasteiger partial charge in [0.1, 0.15) is 0 Å². The van der Waals surface area contributed by atoms with Crippen molar-refractivity contribution in [2.75, 3.05) is 14.1 Å². The van der Waals surface area contributed by atoms with Crippen molar-refractivity contribution < 1.29 is 0 Å². The molecular formula is C16H28Cl2NP. The highest BCUT2D eigenvalue weighted by Crippen LogP contribution is 2.71. The topological polar surface area (TPSA) is 3.24 Å². The molecule has 0 aromatic heterocycles. The van der Waals surface area contributed by atoms with Crippen LogP contribution in [0.3, 0.4) is 0 Å². The van der Waals surface area contributed by atoms with Crippen molar-refractivity contribution in [3.8, 4) is 0 Å². The minimum atomic E-state index is -1.14. The van der Waals surface area contributed by atoms with Crippen LogP contribution in [0.2, 0.25) is 0 Å². The van der Waals surface area contributed by atoms with Crippen LogP contribution in [0.15, 0.2) is 23.9 Å². The van der Waals surface area contributed by atoms with E-state index in [0.29, 0.717) is 5.92 Å². The number of likely N-dealkylation sites (N-methyl/N-ethyl adjacent to an activating group) is 1. The predicted molar refractivity (Wildman–Crippen MR) is 94.7 cm³/mol. The Labute approximate surface area is 135 Å². The molecule has 0 N–H and O–H groups in total. The lowest BCUT2D eigenvalue weighted by Crippen LogP contribution is -2.50. The molecule has 2 atom stereocenters. The van der Waals surface area contributed by atoms with Crippen LogP contribution in [-0.2, 0) is 0 Å². The van der Waals surface area contributed by atoms with Crippen LogP contribution in [0.5, 0.6) is 0 Å². The molecule has 0 aromatic carbocycles. The number of hydrogen-bond acceptors (Lipinski definition) is 1. The lowest BCUT2D eigenvalue weighted by molar-refractivity contribution is 0.164. The van der Waals surface area contributed by atoms with Gasteiger partial charge in [0.15, 0.2) is 0 Å². The van der Waals surface area contributed by atoms with Gasteiger partial charge < -0.3 is 4.90 Å². The highest BCUT2D eigenvalue weighted by atomic mass is 35.9. The van der Waals surface area contributed by atoms with Gasteiger partial charge in [0, 0.05) is 24.9 Å². The second-order valence-corrected chi connectivity index (χ2v) is 11.7. The van der Waals surface area contributed by atoms with Crippen molar-refractivity contribution in [2.45, 2.75) is 46.7 Å². The molecule has 1 aliphatic carbocycles. The van der Waals surface area contributed by atoms with Crippen LogP contribution >= 0.6 is 29.1 Å². The Balaban J connectivity index is 3.49. The average Bonchev–Trinajstić information content (AvgIpc) is 2.24. The summed E-state index contributed by atoms with van der Waals surface area (Å²) in [7, 11) is 4.15. The molecule has 0 heterocycles. The van der Waals surface area contributed by atoms with Crippen LogP contribution in [0.1, 0.15) is 41.5 Å². The van der Waals surface area contributed by atoms with Crippen molar-refractivity contribution in [1.29, 1.82) is 0 Å². The molecule has 0 aliphatic heterocycles. The van der Waals surface area contributed by atoms with E-state index >= 15 is 0 Å². The molecule has 1 nitrogen and oxygen atoms in total. The third-order valence-electron chi connectivity index (χ3n) is 4.25. The minimum absolute atomic E-state index is 0.00495. The van der Waals surface area contributed by atoms with Crippen molar-refractivity contribution in [2.24, 2.45) is 16.7 Å². The van der Waals surface area contributed by atoms with Gasteiger partial charge in [0.2, 0.25) is 0 Å². The smallest absolute Gasteiger partial charge is 0.0967 e. The van der Waals surface area contributed by atoms with E-state index in [1.807, 2.05) is 0 Å². The highest BCUT2D eigenvalue weighted by Gasteiger charge is 2.55. The fourth-order valence-corrected chi connectivity index (χ4v) is 6.87. The molecule has 20 heavy (non-hydrogen) atoms. The number of rotatable bonds is 2. The van der Waals surface area contributed by atoms with E-state index in [1.54, 1.807) is 0 Å². The second-order valence-electron chi connectivity index (χ2n) is 7.97. The Bertz CT molecular complexity index is 413. The molecule has 0 aromatic rings. The summed E-state index contributed by atoms with van der Waals surface area (Å²) >= 11 is 13.1. The zero-order valence-electron chi connectivity index (χ0n) is 14.0. The molecule has 1 aliphatic rings. The summed E-state index contributed by atoms with van der Waals surface area (Å²) in [5.74, 6) is 0.304. The summed E-state index contributed by atoms with van der Waals surface area (Å²) in [6.07, 6.45) is 6.79. The summed E-state index contributed by atoms with van der Waals surface area (Å²) in [6, 6.07) is 0. The van der Waals surface area contributed by atoms with Crippen molar-refractivity contribution in [1.82, 2.24) is 4.90 Å². The summed E-state index contributed by atoms with van der Waals surface area (Å²) < 4.78 is 0. The van der Waals surface area contributed by atoms with E-state index in [9.17, 15) is 0 Å². The van der Waals surface area contributed by atoms with E-state index in [4.69, 9.17) is 22.5 Å². The molecule has 0 saturated carbocycles. The fourth-order valence-electron chi connectivity index (χ4n) is 3.01. The first-order chi connectivity index (χ1) is 8.84. The first-order valence-electron chi connectivity index (χ1n) is 7.04. The Hall–Kier alpha value is 0.290. The third kappa shape index (κ3) is 3.21. The normalized spacial score (nSPS) is 27.8. The maximum atomic E-state index is 6.56. The molecule has 4 heteroatoms. The number of allylic oxidation sites excluding steroid dienone is 3. The first-order valence-corrected chi connectivity index (χ1v) is 10.2. The maximum absolute atomic E-state index is 6.56. The summed E-state index contributed by atoms with van der Waals surface area (Å²) in [6.45, 7) is 12.4. The molecule has 0 saturated heterocycles. The number of nitrogens with zero attached hydrogens (tertiary/aromatic N) is 1. The quantitative estimate of drug-likeness (QED) is 0.540. The van der Waals surface area contributed by atoms with Gasteiger partial charge in [-0.1, -0.05) is 76.2 Å². The fraction of sp³-hybridized carbons (Fsp3) is 0.750. The standard InChI is InChI=1S/C16H28Cl2NP/c1-14(2,3)13-11-12(19(7)8)9-10-16(13,20(17)18)15(4,5)6/h9-11,13H,1-8H3. The molecule has 0 fully saturated rings. The Morgan fingerprint density at radius 3 is 1.90 bits per heavy atom. The van der Waals surface area contributed by atoms with Crippen LogP contribution < -0.4 is 0 Å².